The van der Waals surface area contributed by atoms with Crippen LogP contribution in [0.1, 0.15) is 37.3 Å². The van der Waals surface area contributed by atoms with Gasteiger partial charge in [-0.2, -0.15) is 27.1 Å². The zero-order valence-electron chi connectivity index (χ0n) is 17.1. The minimum Gasteiger partial charge on any atom is -0.369 e. The van der Waals surface area contributed by atoms with Gasteiger partial charge in [0, 0.05) is 25.6 Å². The van der Waals surface area contributed by atoms with Gasteiger partial charge in [0.15, 0.2) is 5.82 Å². The Hall–Kier alpha value is -2.85. The first kappa shape index (κ1) is 23.3. The van der Waals surface area contributed by atoms with E-state index in [4.69, 9.17) is 0 Å². The van der Waals surface area contributed by atoms with Crippen molar-refractivity contribution in [3.63, 3.8) is 0 Å². The number of benzene rings is 2. The molecule has 2 heterocycles. The third-order valence-electron chi connectivity index (χ3n) is 5.84. The zero-order chi connectivity index (χ0) is 24.0. The van der Waals surface area contributed by atoms with Crippen molar-refractivity contribution < 1.29 is 35.1 Å². The second-order valence-corrected chi connectivity index (χ2v) is 8.04. The van der Waals surface area contributed by atoms with Crippen LogP contribution in [-0.2, 0) is 0 Å². The van der Waals surface area contributed by atoms with Crippen molar-refractivity contribution in [1.82, 2.24) is 0 Å². The lowest BCUT2D eigenvalue weighted by atomic mass is 9.97. The van der Waals surface area contributed by atoms with E-state index < -0.39 is 53.4 Å². The van der Waals surface area contributed by atoms with E-state index in [1.165, 1.54) is 12.1 Å². The number of piperidine rings is 1. The number of nitrogens with zero attached hydrogens (tertiary/aromatic N) is 3. The summed E-state index contributed by atoms with van der Waals surface area (Å²) in [6.07, 6.45) is -4.16. The monoisotopic (exact) mass is 477 g/mol. The molecule has 1 fully saturated rings. The molecule has 0 aliphatic carbocycles. The standard InChI is InChI=1S/C22H19F8N3/c23-14-5-7-17(16(25)11-14)33-18(12-20(31-33)21(26,27)22(28,29)30)13-4-6-15(24)19(10-13)32-8-2-1-3-9-32/h4-7,10-11,18H,1-3,8-9,12H2. The van der Waals surface area contributed by atoms with Gasteiger partial charge in [-0.25, -0.2) is 13.2 Å². The largest absolute Gasteiger partial charge is 0.459 e. The summed E-state index contributed by atoms with van der Waals surface area (Å²) in [5.41, 5.74) is -1.62. The van der Waals surface area contributed by atoms with E-state index in [-0.39, 0.29) is 11.3 Å². The predicted molar refractivity (Wildman–Crippen MR) is 107 cm³/mol. The Morgan fingerprint density at radius 2 is 1.48 bits per heavy atom. The highest BCUT2D eigenvalue weighted by molar-refractivity contribution is 5.95. The summed E-state index contributed by atoms with van der Waals surface area (Å²) in [4.78, 5) is 1.77. The Kier molecular flexibility index (Phi) is 6.00. The molecule has 4 rings (SSSR count). The molecular weight excluding hydrogens is 458 g/mol. The smallest absolute Gasteiger partial charge is 0.369 e. The first-order chi connectivity index (χ1) is 15.5. The number of halogens is 8. The molecule has 0 amide bonds. The van der Waals surface area contributed by atoms with Gasteiger partial charge in [-0.1, -0.05) is 6.07 Å². The van der Waals surface area contributed by atoms with E-state index in [2.05, 4.69) is 5.10 Å². The molecule has 178 valence electrons. The summed E-state index contributed by atoms with van der Waals surface area (Å²) in [5, 5.41) is 4.10. The summed E-state index contributed by atoms with van der Waals surface area (Å²) in [6.45, 7) is 1.13. The average Bonchev–Trinajstić information content (AvgIpc) is 3.20. The maximum Gasteiger partial charge on any atom is 0.459 e. The Labute approximate surface area is 184 Å². The summed E-state index contributed by atoms with van der Waals surface area (Å²) in [6, 6.07) is 4.65. The van der Waals surface area contributed by atoms with Crippen molar-refractivity contribution >= 4 is 17.1 Å². The Morgan fingerprint density at radius 1 is 0.788 bits per heavy atom. The van der Waals surface area contributed by atoms with E-state index >= 15 is 0 Å². The maximum atomic E-state index is 14.5. The van der Waals surface area contributed by atoms with Gasteiger partial charge in [-0.05, 0) is 49.1 Å². The molecule has 0 aromatic heterocycles. The van der Waals surface area contributed by atoms with Crippen LogP contribution in [0.5, 0.6) is 0 Å². The topological polar surface area (TPSA) is 18.8 Å². The number of rotatable bonds is 4. The molecule has 2 aliphatic heterocycles. The fourth-order valence-electron chi connectivity index (χ4n) is 4.13. The number of alkyl halides is 5. The number of hydrazone groups is 1. The van der Waals surface area contributed by atoms with Crippen molar-refractivity contribution in [3.8, 4) is 0 Å². The molecule has 0 N–H and O–H groups in total. The van der Waals surface area contributed by atoms with Gasteiger partial charge in [0.2, 0.25) is 0 Å². The van der Waals surface area contributed by atoms with Gasteiger partial charge in [0.1, 0.15) is 17.3 Å². The van der Waals surface area contributed by atoms with Crippen LogP contribution >= 0.6 is 0 Å². The number of anilines is 2. The zero-order valence-corrected chi connectivity index (χ0v) is 17.1. The van der Waals surface area contributed by atoms with Crippen molar-refractivity contribution in [2.75, 3.05) is 23.0 Å². The summed E-state index contributed by atoms with van der Waals surface area (Å²) >= 11 is 0. The van der Waals surface area contributed by atoms with Crippen molar-refractivity contribution in [1.29, 1.82) is 0 Å². The van der Waals surface area contributed by atoms with Crippen LogP contribution in [0.15, 0.2) is 41.5 Å². The highest BCUT2D eigenvalue weighted by Crippen LogP contribution is 2.45. The van der Waals surface area contributed by atoms with Gasteiger partial charge in [-0.3, -0.25) is 5.01 Å². The lowest BCUT2D eigenvalue weighted by Gasteiger charge is -2.30. The van der Waals surface area contributed by atoms with Crippen LogP contribution in [0, 0.1) is 17.5 Å². The Balaban J connectivity index is 1.78. The third-order valence-corrected chi connectivity index (χ3v) is 5.84. The molecule has 0 spiro atoms. The van der Waals surface area contributed by atoms with Crippen LogP contribution in [0.3, 0.4) is 0 Å². The molecule has 1 atom stereocenters. The van der Waals surface area contributed by atoms with Crippen molar-refractivity contribution in [2.24, 2.45) is 5.10 Å². The first-order valence-corrected chi connectivity index (χ1v) is 10.3. The lowest BCUT2D eigenvalue weighted by molar-refractivity contribution is -0.249. The van der Waals surface area contributed by atoms with Gasteiger partial charge >= 0.3 is 12.1 Å². The van der Waals surface area contributed by atoms with Crippen LogP contribution < -0.4 is 9.91 Å². The van der Waals surface area contributed by atoms with E-state index in [1.54, 1.807) is 4.90 Å². The van der Waals surface area contributed by atoms with E-state index in [1.807, 2.05) is 0 Å². The van der Waals surface area contributed by atoms with E-state index in [9.17, 15) is 35.1 Å². The molecule has 0 radical (unpaired) electrons. The maximum absolute atomic E-state index is 14.5. The summed E-state index contributed by atoms with van der Waals surface area (Å²) < 4.78 is 110. The minimum atomic E-state index is -5.91. The molecule has 3 nitrogen and oxygen atoms in total. The molecular formula is C22H19F8N3. The molecule has 1 unspecified atom stereocenters. The fourth-order valence-corrected chi connectivity index (χ4v) is 4.13. The molecule has 0 bridgehead atoms. The van der Waals surface area contributed by atoms with Crippen molar-refractivity contribution in [2.45, 2.75) is 43.8 Å². The molecule has 33 heavy (non-hydrogen) atoms. The number of hydrogen-bond donors (Lipinski definition) is 0. The quantitative estimate of drug-likeness (QED) is 0.462. The molecule has 11 heteroatoms. The fraction of sp³-hybridized carbons (Fsp3) is 0.409. The van der Waals surface area contributed by atoms with Crippen molar-refractivity contribution in [3.05, 3.63) is 59.4 Å². The van der Waals surface area contributed by atoms with Crippen LogP contribution in [-0.4, -0.2) is 30.9 Å². The van der Waals surface area contributed by atoms with Crippen LogP contribution in [0.25, 0.3) is 0 Å². The predicted octanol–water partition coefficient (Wildman–Crippen LogP) is 6.60. The van der Waals surface area contributed by atoms with E-state index in [0.29, 0.717) is 24.2 Å². The highest BCUT2D eigenvalue weighted by atomic mass is 19.4. The van der Waals surface area contributed by atoms with E-state index in [0.717, 1.165) is 37.5 Å². The second kappa shape index (κ2) is 8.49. The van der Waals surface area contributed by atoms with Crippen LogP contribution in [0.4, 0.5) is 46.5 Å². The van der Waals surface area contributed by atoms with Gasteiger partial charge in [-0.15, -0.1) is 0 Å². The Morgan fingerprint density at radius 3 is 2.12 bits per heavy atom. The van der Waals surface area contributed by atoms with Crippen LogP contribution in [0.2, 0.25) is 0 Å². The molecule has 1 saturated heterocycles. The molecule has 0 saturated carbocycles. The minimum absolute atomic E-state index is 0.178. The SMILES string of the molecule is Fc1ccc(N2N=C(C(F)(F)C(F)(F)F)CC2c2ccc(F)c(N3CCCCC3)c2)c(F)c1. The summed E-state index contributed by atoms with van der Waals surface area (Å²) in [7, 11) is 0. The lowest BCUT2D eigenvalue weighted by Crippen LogP contribution is -2.43. The van der Waals surface area contributed by atoms with Gasteiger partial charge in [0.25, 0.3) is 0 Å². The molecule has 2 aromatic rings. The second-order valence-electron chi connectivity index (χ2n) is 8.04. The molecule has 2 aliphatic rings. The highest BCUT2D eigenvalue weighted by Gasteiger charge is 2.63. The molecule has 2 aromatic carbocycles. The normalized spacial score (nSPS) is 19.8. The summed E-state index contributed by atoms with van der Waals surface area (Å²) in [5.74, 6) is -7.96. The van der Waals surface area contributed by atoms with Gasteiger partial charge in [0.05, 0.1) is 17.4 Å². The first-order valence-electron chi connectivity index (χ1n) is 10.3. The Bertz CT molecular complexity index is 1060. The van der Waals surface area contributed by atoms with Gasteiger partial charge < -0.3 is 4.90 Å². The third kappa shape index (κ3) is 4.37. The average molecular weight is 477 g/mol. The number of hydrogen-bond acceptors (Lipinski definition) is 3.